The Labute approximate surface area is 120 Å². The zero-order chi connectivity index (χ0) is 14.9. The molecule has 114 valence electrons. The number of nitrogens with one attached hydrogen (secondary N) is 2. The molecule has 0 aliphatic carbocycles. The van der Waals surface area contributed by atoms with Gasteiger partial charge in [0.25, 0.3) is 0 Å². The number of benzene rings is 1. The molecule has 2 aliphatic heterocycles. The highest BCUT2D eigenvalue weighted by molar-refractivity contribution is 5.95. The standard InChI is InChI=1S/C14H16F2N2O3/c15-14(16)20-11-6-5-9(8-12(11)21-14)18-13(19)10-4-2-1-3-7-17-10/h5-6,8,10,17H,1-4,7H2,(H,18,19). The topological polar surface area (TPSA) is 59.6 Å². The van der Waals surface area contributed by atoms with Crippen molar-refractivity contribution in [2.45, 2.75) is 38.0 Å². The van der Waals surface area contributed by atoms with Crippen molar-refractivity contribution in [3.8, 4) is 11.5 Å². The van der Waals surface area contributed by atoms with Gasteiger partial charge in [-0.2, -0.15) is 0 Å². The van der Waals surface area contributed by atoms with Crippen LogP contribution in [0.1, 0.15) is 25.7 Å². The van der Waals surface area contributed by atoms with Crippen molar-refractivity contribution < 1.29 is 23.0 Å². The van der Waals surface area contributed by atoms with E-state index in [0.29, 0.717) is 5.69 Å². The number of hydrogen-bond acceptors (Lipinski definition) is 4. The van der Waals surface area contributed by atoms with Crippen LogP contribution in [0.5, 0.6) is 11.5 Å². The Bertz CT molecular complexity index is 543. The number of hydrogen-bond donors (Lipinski definition) is 2. The average Bonchev–Trinajstić information content (AvgIpc) is 2.62. The zero-order valence-electron chi connectivity index (χ0n) is 11.3. The van der Waals surface area contributed by atoms with Crippen molar-refractivity contribution in [3.05, 3.63) is 18.2 Å². The number of fused-ring (bicyclic) bond motifs is 1. The second kappa shape index (κ2) is 5.48. The van der Waals surface area contributed by atoms with Gasteiger partial charge in [0.1, 0.15) is 0 Å². The fourth-order valence-corrected chi connectivity index (χ4v) is 2.51. The third-order valence-corrected chi connectivity index (χ3v) is 3.55. The Morgan fingerprint density at radius 3 is 2.90 bits per heavy atom. The highest BCUT2D eigenvalue weighted by Gasteiger charge is 2.43. The summed E-state index contributed by atoms with van der Waals surface area (Å²) in [5.41, 5.74) is 0.408. The van der Waals surface area contributed by atoms with E-state index in [4.69, 9.17) is 0 Å². The van der Waals surface area contributed by atoms with Gasteiger partial charge >= 0.3 is 6.29 Å². The number of carbonyl (C=O) groups is 1. The molecule has 5 nitrogen and oxygen atoms in total. The van der Waals surface area contributed by atoms with Crippen molar-refractivity contribution in [3.63, 3.8) is 0 Å². The third kappa shape index (κ3) is 3.24. The predicted molar refractivity (Wildman–Crippen MR) is 71.5 cm³/mol. The SMILES string of the molecule is O=C(Nc1ccc2c(c1)OC(F)(F)O2)C1CCCCCN1. The van der Waals surface area contributed by atoms with E-state index < -0.39 is 6.29 Å². The molecule has 1 unspecified atom stereocenters. The lowest BCUT2D eigenvalue weighted by molar-refractivity contribution is -0.286. The molecule has 1 saturated heterocycles. The molecule has 0 spiro atoms. The molecule has 0 bridgehead atoms. The van der Waals surface area contributed by atoms with Gasteiger partial charge in [0.15, 0.2) is 11.5 Å². The zero-order valence-corrected chi connectivity index (χ0v) is 11.3. The van der Waals surface area contributed by atoms with E-state index in [9.17, 15) is 13.6 Å². The average molecular weight is 298 g/mol. The lowest BCUT2D eigenvalue weighted by atomic mass is 10.1. The first-order valence-electron chi connectivity index (χ1n) is 6.98. The smallest absolute Gasteiger partial charge is 0.395 e. The van der Waals surface area contributed by atoms with E-state index in [-0.39, 0.29) is 23.4 Å². The fraction of sp³-hybridized carbons (Fsp3) is 0.500. The fourth-order valence-electron chi connectivity index (χ4n) is 2.51. The molecule has 1 atom stereocenters. The molecule has 1 fully saturated rings. The van der Waals surface area contributed by atoms with Crippen LogP contribution in [0.25, 0.3) is 0 Å². The van der Waals surface area contributed by atoms with Crippen LogP contribution in [0.15, 0.2) is 18.2 Å². The quantitative estimate of drug-likeness (QED) is 0.880. The maximum atomic E-state index is 12.9. The van der Waals surface area contributed by atoms with Gasteiger partial charge in [-0.05, 0) is 31.5 Å². The van der Waals surface area contributed by atoms with E-state index in [1.165, 1.54) is 18.2 Å². The predicted octanol–water partition coefficient (Wildman–Crippen LogP) is 2.48. The summed E-state index contributed by atoms with van der Waals surface area (Å²) in [6, 6.07) is 3.95. The molecule has 7 heteroatoms. The van der Waals surface area contributed by atoms with E-state index >= 15 is 0 Å². The van der Waals surface area contributed by atoms with Gasteiger partial charge in [0, 0.05) is 11.8 Å². The summed E-state index contributed by atoms with van der Waals surface area (Å²) in [4.78, 5) is 12.2. The van der Waals surface area contributed by atoms with Crippen LogP contribution in [-0.2, 0) is 4.79 Å². The number of ether oxygens (including phenoxy) is 2. The van der Waals surface area contributed by atoms with Crippen LogP contribution >= 0.6 is 0 Å². The molecule has 2 aliphatic rings. The number of halogens is 2. The van der Waals surface area contributed by atoms with Crippen molar-refractivity contribution in [1.82, 2.24) is 5.32 Å². The van der Waals surface area contributed by atoms with E-state index in [1.54, 1.807) is 0 Å². The molecule has 3 rings (SSSR count). The van der Waals surface area contributed by atoms with Crippen molar-refractivity contribution in [2.75, 3.05) is 11.9 Å². The first-order chi connectivity index (χ1) is 10.0. The maximum Gasteiger partial charge on any atom is 0.586 e. The molecule has 21 heavy (non-hydrogen) atoms. The monoisotopic (exact) mass is 298 g/mol. The van der Waals surface area contributed by atoms with Crippen LogP contribution in [-0.4, -0.2) is 24.8 Å². The normalized spacial score (nSPS) is 23.4. The van der Waals surface area contributed by atoms with Crippen LogP contribution in [0, 0.1) is 0 Å². The first kappa shape index (κ1) is 14.1. The molecular weight excluding hydrogens is 282 g/mol. The molecular formula is C14H16F2N2O3. The highest BCUT2D eigenvalue weighted by Crippen LogP contribution is 2.42. The van der Waals surface area contributed by atoms with Gasteiger partial charge in [-0.15, -0.1) is 8.78 Å². The van der Waals surface area contributed by atoms with E-state index in [1.807, 2.05) is 0 Å². The Hall–Kier alpha value is -1.89. The van der Waals surface area contributed by atoms with Gasteiger partial charge in [0.2, 0.25) is 5.91 Å². The second-order valence-corrected chi connectivity index (χ2v) is 5.17. The minimum atomic E-state index is -3.65. The Morgan fingerprint density at radius 2 is 2.05 bits per heavy atom. The number of amides is 1. The summed E-state index contributed by atoms with van der Waals surface area (Å²) in [6.45, 7) is 0.811. The summed E-state index contributed by atoms with van der Waals surface area (Å²) < 4.78 is 34.5. The molecule has 0 saturated carbocycles. The highest BCUT2D eigenvalue weighted by atomic mass is 19.3. The molecule has 0 radical (unpaired) electrons. The first-order valence-corrected chi connectivity index (χ1v) is 6.98. The number of rotatable bonds is 2. The largest absolute Gasteiger partial charge is 0.586 e. The molecule has 2 heterocycles. The maximum absolute atomic E-state index is 12.9. The molecule has 2 N–H and O–H groups in total. The Balaban J connectivity index is 1.67. The minimum absolute atomic E-state index is 0.0365. The summed E-state index contributed by atoms with van der Waals surface area (Å²) in [5, 5.41) is 5.89. The lowest BCUT2D eigenvalue weighted by Gasteiger charge is -2.15. The second-order valence-electron chi connectivity index (χ2n) is 5.17. The lowest BCUT2D eigenvalue weighted by Crippen LogP contribution is -2.39. The minimum Gasteiger partial charge on any atom is -0.395 e. The van der Waals surface area contributed by atoms with Crippen LogP contribution < -0.4 is 20.1 Å². The van der Waals surface area contributed by atoms with Crippen LogP contribution in [0.3, 0.4) is 0 Å². The van der Waals surface area contributed by atoms with Gasteiger partial charge in [-0.1, -0.05) is 12.8 Å². The van der Waals surface area contributed by atoms with Gasteiger partial charge < -0.3 is 20.1 Å². The number of carbonyl (C=O) groups excluding carboxylic acids is 1. The van der Waals surface area contributed by atoms with Gasteiger partial charge in [0.05, 0.1) is 6.04 Å². The van der Waals surface area contributed by atoms with E-state index in [2.05, 4.69) is 20.1 Å². The number of anilines is 1. The molecule has 0 aromatic heterocycles. The molecule has 1 aromatic rings. The van der Waals surface area contributed by atoms with Crippen LogP contribution in [0.2, 0.25) is 0 Å². The molecule has 1 aromatic carbocycles. The summed E-state index contributed by atoms with van der Waals surface area (Å²) in [7, 11) is 0. The van der Waals surface area contributed by atoms with Gasteiger partial charge in [-0.25, -0.2) is 0 Å². The summed E-state index contributed by atoms with van der Waals surface area (Å²) in [6.07, 6.45) is 0.291. The summed E-state index contributed by atoms with van der Waals surface area (Å²) in [5.74, 6) is -0.278. The Morgan fingerprint density at radius 1 is 1.24 bits per heavy atom. The van der Waals surface area contributed by atoms with E-state index in [0.717, 1.165) is 32.2 Å². The van der Waals surface area contributed by atoms with Crippen molar-refractivity contribution in [1.29, 1.82) is 0 Å². The van der Waals surface area contributed by atoms with Crippen molar-refractivity contribution >= 4 is 11.6 Å². The van der Waals surface area contributed by atoms with Crippen molar-refractivity contribution in [2.24, 2.45) is 0 Å². The molecule has 1 amide bonds. The summed E-state index contributed by atoms with van der Waals surface area (Å²) >= 11 is 0. The van der Waals surface area contributed by atoms with Gasteiger partial charge in [-0.3, -0.25) is 4.79 Å². The number of alkyl halides is 2. The third-order valence-electron chi connectivity index (χ3n) is 3.55. The van der Waals surface area contributed by atoms with Crippen LogP contribution in [0.4, 0.5) is 14.5 Å². The Kier molecular flexibility index (Phi) is 3.67.